The molecule has 2 heterocycles. The number of carboxylic acid groups (broad SMARTS) is 1. The van der Waals surface area contributed by atoms with Crippen molar-refractivity contribution in [3.8, 4) is 0 Å². The molecule has 1 fully saturated rings. The van der Waals surface area contributed by atoms with E-state index in [9.17, 15) is 9.59 Å². The number of amides is 1. The van der Waals surface area contributed by atoms with Crippen molar-refractivity contribution in [2.75, 3.05) is 18.8 Å². The molecule has 0 bridgehead atoms. The number of carbonyl (C=O) groups is 2. The fourth-order valence-electron chi connectivity index (χ4n) is 2.65. The Bertz CT molecular complexity index is 503. The number of anilines is 1. The second-order valence-corrected chi connectivity index (χ2v) is 6.19. The summed E-state index contributed by atoms with van der Waals surface area (Å²) in [5, 5.41) is 10.9. The van der Waals surface area contributed by atoms with Crippen LogP contribution >= 0.6 is 11.3 Å². The fraction of sp³-hybridized carbons (Fsp3) is 0.615. The Morgan fingerprint density at radius 1 is 1.65 bits per heavy atom. The first-order chi connectivity index (χ1) is 9.47. The number of hydrogen-bond donors (Lipinski definition) is 2. The van der Waals surface area contributed by atoms with Crippen molar-refractivity contribution in [2.45, 2.75) is 26.2 Å². The highest BCUT2D eigenvalue weighted by Gasteiger charge is 2.29. The number of hydrogen-bond acceptors (Lipinski definition) is 5. The number of aromatic nitrogens is 1. The van der Waals surface area contributed by atoms with E-state index >= 15 is 0 Å². The Balaban J connectivity index is 1.99. The summed E-state index contributed by atoms with van der Waals surface area (Å²) in [6.45, 7) is 3.24. The maximum atomic E-state index is 12.3. The van der Waals surface area contributed by atoms with Crippen molar-refractivity contribution in [3.05, 3.63) is 11.1 Å². The van der Waals surface area contributed by atoms with Crippen molar-refractivity contribution >= 4 is 28.3 Å². The lowest BCUT2D eigenvalue weighted by atomic mass is 9.84. The summed E-state index contributed by atoms with van der Waals surface area (Å²) in [6, 6.07) is 0. The zero-order valence-corrected chi connectivity index (χ0v) is 12.2. The Morgan fingerprint density at radius 2 is 2.40 bits per heavy atom. The zero-order valence-electron chi connectivity index (χ0n) is 11.4. The first-order valence-corrected chi connectivity index (χ1v) is 7.57. The van der Waals surface area contributed by atoms with Gasteiger partial charge in [0, 0.05) is 24.9 Å². The maximum Gasteiger partial charge on any atom is 0.303 e. The average Bonchev–Trinajstić information content (AvgIpc) is 2.84. The number of piperidine rings is 1. The van der Waals surface area contributed by atoms with Crippen LogP contribution in [0.1, 0.15) is 36.7 Å². The molecular weight excluding hydrogens is 278 g/mol. The minimum atomic E-state index is -0.784. The van der Waals surface area contributed by atoms with E-state index in [4.69, 9.17) is 10.8 Å². The summed E-state index contributed by atoms with van der Waals surface area (Å²) in [7, 11) is 0. The molecule has 1 aliphatic heterocycles. The van der Waals surface area contributed by atoms with Crippen molar-refractivity contribution in [2.24, 2.45) is 11.8 Å². The van der Waals surface area contributed by atoms with Gasteiger partial charge in [0.2, 0.25) is 0 Å². The SMILES string of the molecule is CC(CC(=O)O)C1CCCN(C(=O)c2csc(N)n2)C1. The van der Waals surface area contributed by atoms with E-state index in [1.54, 1.807) is 10.3 Å². The first kappa shape index (κ1) is 14.8. The van der Waals surface area contributed by atoms with Gasteiger partial charge in [-0.05, 0) is 24.7 Å². The van der Waals surface area contributed by atoms with Crippen LogP contribution in [0.3, 0.4) is 0 Å². The molecule has 6 nitrogen and oxygen atoms in total. The largest absolute Gasteiger partial charge is 0.481 e. The third-order valence-corrected chi connectivity index (χ3v) is 4.46. The van der Waals surface area contributed by atoms with Crippen LogP contribution in [0.2, 0.25) is 0 Å². The van der Waals surface area contributed by atoms with Crippen LogP contribution in [0.4, 0.5) is 5.13 Å². The topological polar surface area (TPSA) is 96.5 Å². The number of nitrogen functional groups attached to an aromatic ring is 1. The van der Waals surface area contributed by atoms with E-state index in [1.165, 1.54) is 11.3 Å². The number of nitrogens with zero attached hydrogens (tertiary/aromatic N) is 2. The second kappa shape index (κ2) is 6.21. The van der Waals surface area contributed by atoms with Gasteiger partial charge in [-0.25, -0.2) is 4.98 Å². The third-order valence-electron chi connectivity index (χ3n) is 3.79. The lowest BCUT2D eigenvalue weighted by Crippen LogP contribution is -2.42. The molecule has 0 radical (unpaired) electrons. The minimum absolute atomic E-state index is 0.0728. The molecule has 1 aromatic rings. The highest BCUT2D eigenvalue weighted by molar-refractivity contribution is 7.13. The molecule has 7 heteroatoms. The number of thiazole rings is 1. The Hall–Kier alpha value is -1.63. The van der Waals surface area contributed by atoms with Gasteiger partial charge in [0.05, 0.1) is 0 Å². The molecule has 20 heavy (non-hydrogen) atoms. The summed E-state index contributed by atoms with van der Waals surface area (Å²) in [4.78, 5) is 28.9. The van der Waals surface area contributed by atoms with Gasteiger partial charge in [0.25, 0.3) is 5.91 Å². The highest BCUT2D eigenvalue weighted by atomic mass is 32.1. The molecule has 0 saturated carbocycles. The van der Waals surface area contributed by atoms with E-state index in [1.807, 2.05) is 6.92 Å². The average molecular weight is 297 g/mol. The van der Waals surface area contributed by atoms with E-state index in [0.29, 0.717) is 23.9 Å². The minimum Gasteiger partial charge on any atom is -0.481 e. The molecule has 3 N–H and O–H groups in total. The van der Waals surface area contributed by atoms with Crippen LogP contribution < -0.4 is 5.73 Å². The van der Waals surface area contributed by atoms with Gasteiger partial charge in [-0.15, -0.1) is 11.3 Å². The van der Waals surface area contributed by atoms with Crippen molar-refractivity contribution in [3.63, 3.8) is 0 Å². The van der Waals surface area contributed by atoms with E-state index in [2.05, 4.69) is 4.98 Å². The number of likely N-dealkylation sites (tertiary alicyclic amines) is 1. The summed E-state index contributed by atoms with van der Waals surface area (Å²) in [6.07, 6.45) is 2.02. The standard InChI is InChI=1S/C13H19N3O3S/c1-8(5-11(17)18)9-3-2-4-16(6-9)12(19)10-7-20-13(14)15-10/h7-9H,2-6H2,1H3,(H2,14,15)(H,17,18). The van der Waals surface area contributed by atoms with Crippen LogP contribution in [0, 0.1) is 11.8 Å². The van der Waals surface area contributed by atoms with E-state index in [-0.39, 0.29) is 24.2 Å². The summed E-state index contributed by atoms with van der Waals surface area (Å²) in [5.74, 6) is -0.582. The lowest BCUT2D eigenvalue weighted by Gasteiger charge is -2.35. The van der Waals surface area contributed by atoms with E-state index < -0.39 is 5.97 Å². The van der Waals surface area contributed by atoms with Crippen molar-refractivity contribution < 1.29 is 14.7 Å². The van der Waals surface area contributed by atoms with Gasteiger partial charge in [-0.1, -0.05) is 6.92 Å². The molecule has 1 amide bonds. The smallest absolute Gasteiger partial charge is 0.303 e. The number of rotatable bonds is 4. The van der Waals surface area contributed by atoms with Crippen LogP contribution in [0.15, 0.2) is 5.38 Å². The summed E-state index contributed by atoms with van der Waals surface area (Å²) in [5.41, 5.74) is 5.94. The second-order valence-electron chi connectivity index (χ2n) is 5.30. The molecule has 2 atom stereocenters. The monoisotopic (exact) mass is 297 g/mol. The molecule has 110 valence electrons. The maximum absolute atomic E-state index is 12.3. The number of nitrogens with two attached hydrogens (primary N) is 1. The quantitative estimate of drug-likeness (QED) is 0.881. The number of carboxylic acids is 1. The molecule has 0 aliphatic carbocycles. The molecule has 2 unspecified atom stereocenters. The van der Waals surface area contributed by atoms with Gasteiger partial charge in [0.15, 0.2) is 5.13 Å². The van der Waals surface area contributed by atoms with Gasteiger partial charge in [0.1, 0.15) is 5.69 Å². The Kier molecular flexibility index (Phi) is 4.59. The van der Waals surface area contributed by atoms with Gasteiger partial charge < -0.3 is 15.7 Å². The third kappa shape index (κ3) is 3.47. The van der Waals surface area contributed by atoms with Gasteiger partial charge in [-0.3, -0.25) is 9.59 Å². The normalized spacial score (nSPS) is 20.6. The van der Waals surface area contributed by atoms with E-state index in [0.717, 1.165) is 12.8 Å². The molecule has 1 aromatic heterocycles. The highest BCUT2D eigenvalue weighted by Crippen LogP contribution is 2.27. The molecule has 0 spiro atoms. The van der Waals surface area contributed by atoms with Crippen LogP contribution in [0.5, 0.6) is 0 Å². The summed E-state index contributed by atoms with van der Waals surface area (Å²) >= 11 is 1.25. The van der Waals surface area contributed by atoms with Crippen molar-refractivity contribution in [1.29, 1.82) is 0 Å². The predicted octanol–water partition coefficient (Wildman–Crippen LogP) is 1.69. The Morgan fingerprint density at radius 3 is 3.00 bits per heavy atom. The van der Waals surface area contributed by atoms with Gasteiger partial charge >= 0.3 is 5.97 Å². The zero-order chi connectivity index (χ0) is 14.7. The lowest BCUT2D eigenvalue weighted by molar-refractivity contribution is -0.138. The number of carbonyl (C=O) groups excluding carboxylic acids is 1. The molecule has 1 saturated heterocycles. The molecule has 0 aromatic carbocycles. The first-order valence-electron chi connectivity index (χ1n) is 6.69. The fourth-order valence-corrected chi connectivity index (χ4v) is 3.19. The van der Waals surface area contributed by atoms with Crippen LogP contribution in [-0.2, 0) is 4.79 Å². The van der Waals surface area contributed by atoms with Gasteiger partial charge in [-0.2, -0.15) is 0 Å². The Labute approximate surface area is 121 Å². The molecule has 2 rings (SSSR count). The summed E-state index contributed by atoms with van der Waals surface area (Å²) < 4.78 is 0. The molecule has 1 aliphatic rings. The number of aliphatic carboxylic acids is 1. The predicted molar refractivity (Wildman–Crippen MR) is 76.6 cm³/mol. The van der Waals surface area contributed by atoms with Crippen LogP contribution in [-0.4, -0.2) is 40.0 Å². The van der Waals surface area contributed by atoms with Crippen molar-refractivity contribution in [1.82, 2.24) is 9.88 Å². The van der Waals surface area contributed by atoms with Crippen LogP contribution in [0.25, 0.3) is 0 Å². The molecular formula is C13H19N3O3S.